The normalized spacial score (nSPS) is 12.4. The van der Waals surface area contributed by atoms with Crippen LogP contribution in [0.3, 0.4) is 0 Å². The molecule has 0 aliphatic heterocycles. The van der Waals surface area contributed by atoms with Gasteiger partial charge in [-0.25, -0.2) is 4.79 Å². The lowest BCUT2D eigenvalue weighted by Gasteiger charge is -2.27. The molecule has 3 amide bonds. The monoisotopic (exact) mass is 782 g/mol. The number of thioether (sulfide) groups is 1. The molecule has 0 aliphatic carbocycles. The van der Waals surface area contributed by atoms with E-state index in [1.54, 1.807) is 65.8 Å². The predicted octanol–water partition coefficient (Wildman–Crippen LogP) is 5.39. The van der Waals surface area contributed by atoms with Crippen molar-refractivity contribution in [2.24, 2.45) is 0 Å². The summed E-state index contributed by atoms with van der Waals surface area (Å²) in [5.41, 5.74) is 0.453. The lowest BCUT2D eigenvalue weighted by Crippen LogP contribution is -2.54. The van der Waals surface area contributed by atoms with Crippen molar-refractivity contribution >= 4 is 76.1 Å². The Morgan fingerprint density at radius 3 is 1.91 bits per heavy atom. The first-order valence-electron chi connectivity index (χ1n) is 15.1. The number of anilines is 1. The van der Waals surface area contributed by atoms with Gasteiger partial charge < -0.3 is 25.4 Å². The fraction of sp³-hybridized carbons (Fsp3) is 0.471. The van der Waals surface area contributed by atoms with Crippen LogP contribution in [0.25, 0.3) is 0 Å². The third-order valence-corrected chi connectivity index (χ3v) is 6.82. The summed E-state index contributed by atoms with van der Waals surface area (Å²) in [5.74, 6) is -2.96. The molecule has 2 aromatic carbocycles. The van der Waals surface area contributed by atoms with Gasteiger partial charge in [-0.3, -0.25) is 24.6 Å². The van der Waals surface area contributed by atoms with E-state index in [9.17, 15) is 24.0 Å². The number of benzene rings is 2. The summed E-state index contributed by atoms with van der Waals surface area (Å²) in [6, 6.07) is 13.5. The van der Waals surface area contributed by atoms with E-state index in [0.717, 1.165) is 11.1 Å². The maximum atomic E-state index is 13.5. The Bertz CT molecular complexity index is 1370. The number of halogens is 1. The third kappa shape index (κ3) is 16.8. The second-order valence-corrected chi connectivity index (χ2v) is 13.5. The van der Waals surface area contributed by atoms with Gasteiger partial charge in [-0.15, -0.1) is 35.7 Å². The Morgan fingerprint density at radius 2 is 1.36 bits per heavy atom. The van der Waals surface area contributed by atoms with E-state index in [-0.39, 0.29) is 55.6 Å². The minimum absolute atomic E-state index is 0. The number of amides is 3. The molecule has 0 spiro atoms. The van der Waals surface area contributed by atoms with Gasteiger partial charge in [0.1, 0.15) is 23.3 Å². The number of carbonyl (C=O) groups is 5. The summed E-state index contributed by atoms with van der Waals surface area (Å²) in [4.78, 5) is 64.6. The summed E-state index contributed by atoms with van der Waals surface area (Å²) in [5, 5.41) is 16.3. The van der Waals surface area contributed by atoms with E-state index < -0.39 is 53.5 Å². The van der Waals surface area contributed by atoms with Crippen LogP contribution >= 0.6 is 35.7 Å². The molecule has 0 saturated heterocycles. The molecule has 258 valence electrons. The quantitative estimate of drug-likeness (QED) is 0.0859. The minimum atomic E-state index is -1.34. The molecule has 13 heteroatoms. The average Bonchev–Trinajstić information content (AvgIpc) is 2.95. The van der Waals surface area contributed by atoms with Gasteiger partial charge in [-0.05, 0) is 71.9 Å². The number of ether oxygens (including phenoxy) is 2. The van der Waals surface area contributed by atoms with Crippen LogP contribution in [0.15, 0.2) is 54.6 Å². The summed E-state index contributed by atoms with van der Waals surface area (Å²) < 4.78 is 10.9. The molecule has 2 rings (SSSR count). The summed E-state index contributed by atoms with van der Waals surface area (Å²) in [6.07, 6.45) is 1.61. The molecule has 0 radical (unpaired) electrons. The molecule has 2 atom stereocenters. The minimum Gasteiger partial charge on any atom is -0.460 e. The van der Waals surface area contributed by atoms with Crippen LogP contribution in [-0.2, 0) is 39.9 Å². The molecule has 0 bridgehead atoms. The fourth-order valence-electron chi connectivity index (χ4n) is 4.17. The largest absolute Gasteiger partial charge is 0.460 e. The molecule has 47 heavy (non-hydrogen) atoms. The summed E-state index contributed by atoms with van der Waals surface area (Å²) in [6.45, 7) is 10.2. The van der Waals surface area contributed by atoms with Crippen LogP contribution in [0.2, 0.25) is 0 Å². The fourth-order valence-corrected chi connectivity index (χ4v) is 4.54. The van der Waals surface area contributed by atoms with Crippen LogP contribution in [0.5, 0.6) is 0 Å². The third-order valence-electron chi connectivity index (χ3n) is 6.18. The van der Waals surface area contributed by atoms with Crippen molar-refractivity contribution in [1.82, 2.24) is 10.6 Å². The molecule has 2 aromatic rings. The molecule has 0 aliphatic rings. The topological polar surface area (TPSA) is 164 Å². The van der Waals surface area contributed by atoms with Crippen molar-refractivity contribution < 1.29 is 33.4 Å². The molecule has 0 unspecified atom stereocenters. The van der Waals surface area contributed by atoms with Crippen molar-refractivity contribution in [2.45, 2.75) is 96.9 Å². The predicted molar refractivity (Wildman–Crippen MR) is 195 cm³/mol. The van der Waals surface area contributed by atoms with E-state index in [0.29, 0.717) is 10.7 Å². The van der Waals surface area contributed by atoms with Crippen molar-refractivity contribution in [2.75, 3.05) is 11.6 Å². The zero-order chi connectivity index (χ0) is 34.5. The van der Waals surface area contributed by atoms with Gasteiger partial charge in [0.15, 0.2) is 0 Å². The average molecular weight is 783 g/mol. The van der Waals surface area contributed by atoms with Crippen molar-refractivity contribution in [3.8, 4) is 0 Å². The Morgan fingerprint density at radius 1 is 0.787 bits per heavy atom. The molecule has 0 heterocycles. The first-order chi connectivity index (χ1) is 21.5. The van der Waals surface area contributed by atoms with Gasteiger partial charge in [0.05, 0.1) is 11.5 Å². The molecular formula is C34H47IN4O7S. The first-order valence-corrected chi connectivity index (χ1v) is 16.3. The number of carbonyl (C=O) groups excluding carboxylic acids is 5. The lowest BCUT2D eigenvalue weighted by molar-refractivity contribution is -0.159. The summed E-state index contributed by atoms with van der Waals surface area (Å²) >= 11 is 1.32. The van der Waals surface area contributed by atoms with E-state index in [1.807, 2.05) is 36.6 Å². The van der Waals surface area contributed by atoms with Gasteiger partial charge in [0, 0.05) is 30.5 Å². The lowest BCUT2D eigenvalue weighted by atomic mass is 10.0. The Labute approximate surface area is 298 Å². The maximum absolute atomic E-state index is 13.5. The van der Waals surface area contributed by atoms with Crippen LogP contribution in [0, 0.1) is 5.41 Å². The van der Waals surface area contributed by atoms with Crippen molar-refractivity contribution in [3.63, 3.8) is 0 Å². The highest BCUT2D eigenvalue weighted by Crippen LogP contribution is 2.16. The molecule has 0 saturated carbocycles. The van der Waals surface area contributed by atoms with E-state index in [4.69, 9.17) is 14.9 Å². The standard InChI is InChI=1S/C34H46N4O7S.HI/c1-33(2,3)44-29(41)21-25(31(42)38-26(32(43)45-34(4,5)6)20-22-12-9-8-10-13-22)37-28(40)15-11-14-27(39)36-24-18-16-23(17-19-24)30(35)46-7;/h8-10,12-13,16-19,25-26,35H,11,14-15,20-21H2,1-7H3,(H,36,39)(H,37,40)(H,38,42);1H/t25-,26-;/m0./s1. The second-order valence-electron chi connectivity index (χ2n) is 12.7. The smallest absolute Gasteiger partial charge is 0.329 e. The molecule has 11 nitrogen and oxygen atoms in total. The number of hydrogen-bond donors (Lipinski definition) is 4. The SMILES string of the molecule is CSC(=N)c1ccc(NC(=O)CCCC(=O)N[C@@H](CC(=O)OC(C)(C)C)C(=O)N[C@@H](Cc2ccccc2)C(=O)OC(C)(C)C)cc1.I. The zero-order valence-electron chi connectivity index (χ0n) is 28.1. The van der Waals surface area contributed by atoms with Gasteiger partial charge >= 0.3 is 11.9 Å². The van der Waals surface area contributed by atoms with Gasteiger partial charge in [-0.1, -0.05) is 42.5 Å². The number of nitrogens with one attached hydrogen (secondary N) is 4. The Kier molecular flexibility index (Phi) is 17.1. The molecule has 0 aromatic heterocycles. The van der Waals surface area contributed by atoms with Crippen molar-refractivity contribution in [1.29, 1.82) is 5.41 Å². The first kappa shape index (κ1) is 41.6. The highest BCUT2D eigenvalue weighted by atomic mass is 127. The van der Waals surface area contributed by atoms with Gasteiger partial charge in [-0.2, -0.15) is 0 Å². The molecule has 0 fully saturated rings. The second kappa shape index (κ2) is 19.4. The van der Waals surface area contributed by atoms with Crippen molar-refractivity contribution in [3.05, 3.63) is 65.7 Å². The van der Waals surface area contributed by atoms with Crippen LogP contribution < -0.4 is 16.0 Å². The zero-order valence-corrected chi connectivity index (χ0v) is 31.2. The number of hydrogen-bond acceptors (Lipinski definition) is 9. The summed E-state index contributed by atoms with van der Waals surface area (Å²) in [7, 11) is 0. The van der Waals surface area contributed by atoms with E-state index in [2.05, 4.69) is 16.0 Å². The number of esters is 2. The Hall–Kier alpha value is -3.46. The van der Waals surface area contributed by atoms with E-state index >= 15 is 0 Å². The van der Waals surface area contributed by atoms with Crippen LogP contribution in [0.1, 0.15) is 78.4 Å². The highest BCUT2D eigenvalue weighted by Gasteiger charge is 2.32. The van der Waals surface area contributed by atoms with Crippen LogP contribution in [0.4, 0.5) is 5.69 Å². The Balaban J connectivity index is 0.0000110. The van der Waals surface area contributed by atoms with Gasteiger partial charge in [0.2, 0.25) is 17.7 Å². The maximum Gasteiger partial charge on any atom is 0.329 e. The highest BCUT2D eigenvalue weighted by molar-refractivity contribution is 14.0. The van der Waals surface area contributed by atoms with Gasteiger partial charge in [0.25, 0.3) is 0 Å². The van der Waals surface area contributed by atoms with Crippen LogP contribution in [-0.4, -0.2) is 64.2 Å². The molecular weight excluding hydrogens is 735 g/mol. The number of rotatable bonds is 14. The molecule has 4 N–H and O–H groups in total. The van der Waals surface area contributed by atoms with E-state index in [1.165, 1.54) is 11.8 Å².